The van der Waals surface area contributed by atoms with Gasteiger partial charge < -0.3 is 15.8 Å². The highest BCUT2D eigenvalue weighted by molar-refractivity contribution is 5.76. The maximum Gasteiger partial charge on any atom is 0.387 e. The summed E-state index contributed by atoms with van der Waals surface area (Å²) in [5, 5.41) is 3.01. The number of halogens is 2. The predicted octanol–water partition coefficient (Wildman–Crippen LogP) is 2.91. The standard InChI is InChI=1S/C16H22F2N2O2/c1-10(19)5-8-15(21)20-14-4-2-3-11-9-12(22-16(17)18)6-7-13(11)14/h6-7,9-10,14,16H,2-5,8,19H2,1H3,(H,20,21). The van der Waals surface area contributed by atoms with Gasteiger partial charge >= 0.3 is 6.61 Å². The zero-order valence-corrected chi connectivity index (χ0v) is 12.6. The second-order valence-electron chi connectivity index (χ2n) is 5.77. The van der Waals surface area contributed by atoms with Crippen molar-refractivity contribution >= 4 is 5.91 Å². The molecule has 0 aromatic heterocycles. The molecule has 2 atom stereocenters. The Morgan fingerprint density at radius 3 is 2.95 bits per heavy atom. The van der Waals surface area contributed by atoms with E-state index >= 15 is 0 Å². The lowest BCUT2D eigenvalue weighted by Gasteiger charge is -2.27. The fraction of sp³-hybridized carbons (Fsp3) is 0.562. The van der Waals surface area contributed by atoms with Crippen LogP contribution in [-0.2, 0) is 11.2 Å². The molecule has 122 valence electrons. The summed E-state index contributed by atoms with van der Waals surface area (Å²) >= 11 is 0. The number of nitrogens with two attached hydrogens (primary N) is 1. The van der Waals surface area contributed by atoms with E-state index in [0.29, 0.717) is 12.8 Å². The van der Waals surface area contributed by atoms with E-state index in [4.69, 9.17) is 5.73 Å². The monoisotopic (exact) mass is 312 g/mol. The van der Waals surface area contributed by atoms with Crippen LogP contribution in [0.2, 0.25) is 0 Å². The number of alkyl halides is 2. The molecular weight excluding hydrogens is 290 g/mol. The molecule has 0 spiro atoms. The average Bonchev–Trinajstić information content (AvgIpc) is 2.44. The quantitative estimate of drug-likeness (QED) is 0.849. The largest absolute Gasteiger partial charge is 0.435 e. The molecule has 2 rings (SSSR count). The zero-order valence-electron chi connectivity index (χ0n) is 12.6. The van der Waals surface area contributed by atoms with Crippen LogP contribution < -0.4 is 15.8 Å². The number of fused-ring (bicyclic) bond motifs is 1. The SMILES string of the molecule is CC(N)CCC(=O)NC1CCCc2cc(OC(F)F)ccc21. The molecule has 1 aliphatic carbocycles. The second-order valence-corrected chi connectivity index (χ2v) is 5.77. The van der Waals surface area contributed by atoms with E-state index in [0.717, 1.165) is 30.4 Å². The molecule has 1 amide bonds. The molecule has 1 aliphatic rings. The lowest BCUT2D eigenvalue weighted by atomic mass is 9.87. The Bertz CT molecular complexity index is 521. The summed E-state index contributed by atoms with van der Waals surface area (Å²) in [6.07, 6.45) is 3.61. The molecule has 1 aromatic carbocycles. The molecule has 0 saturated carbocycles. The van der Waals surface area contributed by atoms with Crippen LogP contribution in [0.25, 0.3) is 0 Å². The molecule has 0 saturated heterocycles. The number of amides is 1. The fourth-order valence-corrected chi connectivity index (χ4v) is 2.74. The van der Waals surface area contributed by atoms with Crippen LogP contribution in [0.5, 0.6) is 5.75 Å². The van der Waals surface area contributed by atoms with Crippen LogP contribution in [0.3, 0.4) is 0 Å². The van der Waals surface area contributed by atoms with Crippen molar-refractivity contribution in [2.24, 2.45) is 5.73 Å². The Hall–Kier alpha value is -1.69. The molecule has 0 aliphatic heterocycles. The first-order valence-corrected chi connectivity index (χ1v) is 7.58. The van der Waals surface area contributed by atoms with Crippen LogP contribution in [-0.4, -0.2) is 18.6 Å². The maximum atomic E-state index is 12.3. The Balaban J connectivity index is 2.03. The van der Waals surface area contributed by atoms with Crippen molar-refractivity contribution in [1.82, 2.24) is 5.32 Å². The van der Waals surface area contributed by atoms with E-state index in [1.807, 2.05) is 6.92 Å². The molecule has 6 heteroatoms. The van der Waals surface area contributed by atoms with Crippen molar-refractivity contribution in [1.29, 1.82) is 0 Å². The third kappa shape index (κ3) is 4.66. The van der Waals surface area contributed by atoms with Gasteiger partial charge in [-0.2, -0.15) is 8.78 Å². The van der Waals surface area contributed by atoms with E-state index in [9.17, 15) is 13.6 Å². The molecule has 0 radical (unpaired) electrons. The van der Waals surface area contributed by atoms with Crippen LogP contribution in [0.1, 0.15) is 49.8 Å². The number of nitrogens with one attached hydrogen (secondary N) is 1. The van der Waals surface area contributed by atoms with Crippen LogP contribution >= 0.6 is 0 Å². The van der Waals surface area contributed by atoms with Gasteiger partial charge in [-0.05, 0) is 55.9 Å². The first-order valence-electron chi connectivity index (χ1n) is 7.58. The molecule has 22 heavy (non-hydrogen) atoms. The first-order chi connectivity index (χ1) is 10.5. The number of carbonyl (C=O) groups excluding carboxylic acids is 1. The summed E-state index contributed by atoms with van der Waals surface area (Å²) in [4.78, 5) is 11.9. The smallest absolute Gasteiger partial charge is 0.387 e. The van der Waals surface area contributed by atoms with Crippen molar-refractivity contribution in [3.63, 3.8) is 0 Å². The lowest BCUT2D eigenvalue weighted by molar-refractivity contribution is -0.122. The summed E-state index contributed by atoms with van der Waals surface area (Å²) in [7, 11) is 0. The van der Waals surface area contributed by atoms with E-state index in [1.54, 1.807) is 12.1 Å². The van der Waals surface area contributed by atoms with Gasteiger partial charge in [-0.15, -0.1) is 0 Å². The number of rotatable bonds is 6. The van der Waals surface area contributed by atoms with Gasteiger partial charge in [-0.1, -0.05) is 6.07 Å². The Kier molecular flexibility index (Phi) is 5.71. The third-order valence-electron chi connectivity index (χ3n) is 3.82. The molecule has 0 bridgehead atoms. The van der Waals surface area contributed by atoms with E-state index in [1.165, 1.54) is 6.07 Å². The maximum absolute atomic E-state index is 12.3. The number of aryl methyl sites for hydroxylation is 1. The van der Waals surface area contributed by atoms with Crippen molar-refractivity contribution in [2.45, 2.75) is 57.7 Å². The van der Waals surface area contributed by atoms with Gasteiger partial charge in [0.15, 0.2) is 0 Å². The molecule has 4 nitrogen and oxygen atoms in total. The van der Waals surface area contributed by atoms with Crippen molar-refractivity contribution in [3.8, 4) is 5.75 Å². The number of hydrogen-bond donors (Lipinski definition) is 2. The van der Waals surface area contributed by atoms with Gasteiger partial charge in [0, 0.05) is 12.5 Å². The minimum absolute atomic E-state index is 0.00144. The highest BCUT2D eigenvalue weighted by Gasteiger charge is 2.22. The zero-order chi connectivity index (χ0) is 16.1. The highest BCUT2D eigenvalue weighted by atomic mass is 19.3. The Morgan fingerprint density at radius 1 is 1.50 bits per heavy atom. The fourth-order valence-electron chi connectivity index (χ4n) is 2.74. The number of ether oxygens (including phenoxy) is 1. The van der Waals surface area contributed by atoms with E-state index in [2.05, 4.69) is 10.1 Å². The molecule has 1 aromatic rings. The number of carbonyl (C=O) groups is 1. The Morgan fingerprint density at radius 2 is 2.27 bits per heavy atom. The van der Waals surface area contributed by atoms with Crippen molar-refractivity contribution < 1.29 is 18.3 Å². The van der Waals surface area contributed by atoms with Gasteiger partial charge in [0.05, 0.1) is 6.04 Å². The Labute approximate surface area is 129 Å². The third-order valence-corrected chi connectivity index (χ3v) is 3.82. The van der Waals surface area contributed by atoms with Crippen LogP contribution in [0, 0.1) is 0 Å². The van der Waals surface area contributed by atoms with Gasteiger partial charge in [0.2, 0.25) is 5.91 Å². The van der Waals surface area contributed by atoms with Crippen LogP contribution in [0.4, 0.5) is 8.78 Å². The number of hydrogen-bond acceptors (Lipinski definition) is 3. The average molecular weight is 312 g/mol. The minimum Gasteiger partial charge on any atom is -0.435 e. The van der Waals surface area contributed by atoms with Gasteiger partial charge in [0.1, 0.15) is 5.75 Å². The highest BCUT2D eigenvalue weighted by Crippen LogP contribution is 2.32. The summed E-state index contributed by atoms with van der Waals surface area (Å²) in [6, 6.07) is 4.87. The molecule has 3 N–H and O–H groups in total. The van der Waals surface area contributed by atoms with Crippen molar-refractivity contribution in [3.05, 3.63) is 29.3 Å². The molecular formula is C16H22F2N2O2. The molecule has 0 fully saturated rings. The van der Waals surface area contributed by atoms with Crippen molar-refractivity contribution in [2.75, 3.05) is 0 Å². The number of benzene rings is 1. The molecule has 0 heterocycles. The topological polar surface area (TPSA) is 64.4 Å². The van der Waals surface area contributed by atoms with Crippen LogP contribution in [0.15, 0.2) is 18.2 Å². The van der Waals surface area contributed by atoms with E-state index in [-0.39, 0.29) is 23.7 Å². The van der Waals surface area contributed by atoms with Gasteiger partial charge in [-0.3, -0.25) is 4.79 Å². The summed E-state index contributed by atoms with van der Waals surface area (Å²) in [5.74, 6) is 0.140. The lowest BCUT2D eigenvalue weighted by Crippen LogP contribution is -2.31. The summed E-state index contributed by atoms with van der Waals surface area (Å²) in [5.41, 5.74) is 7.60. The van der Waals surface area contributed by atoms with Gasteiger partial charge in [0.25, 0.3) is 0 Å². The minimum atomic E-state index is -2.82. The first kappa shape index (κ1) is 16.7. The predicted molar refractivity (Wildman–Crippen MR) is 79.8 cm³/mol. The van der Waals surface area contributed by atoms with Gasteiger partial charge in [-0.25, -0.2) is 0 Å². The summed E-state index contributed by atoms with van der Waals surface area (Å²) in [6.45, 7) is -0.955. The van der Waals surface area contributed by atoms with E-state index < -0.39 is 6.61 Å². The summed E-state index contributed by atoms with van der Waals surface area (Å²) < 4.78 is 29.0. The second kappa shape index (κ2) is 7.54. The normalized spacial score (nSPS) is 18.7. The molecule has 2 unspecified atom stereocenters.